The smallest absolute Gasteiger partial charge is 0.319 e. The van der Waals surface area contributed by atoms with Gasteiger partial charge in [0.05, 0.1) is 20.1 Å². The molecule has 2 rings (SSSR count). The van der Waals surface area contributed by atoms with Gasteiger partial charge in [-0.15, -0.1) is 0 Å². The SMILES string of the molecule is CCOC(=O)Cc1ccc(NC(=O)NCc2ccc(OC)cc2)cc1. The number of methoxy groups -OCH3 is 1. The predicted octanol–water partition coefficient (Wildman–Crippen LogP) is 3.12. The van der Waals surface area contributed by atoms with E-state index in [0.717, 1.165) is 16.9 Å². The fourth-order valence-electron chi connectivity index (χ4n) is 2.19. The molecule has 0 bridgehead atoms. The van der Waals surface area contributed by atoms with Crippen molar-refractivity contribution in [1.82, 2.24) is 5.32 Å². The molecular weight excluding hydrogens is 320 g/mol. The van der Waals surface area contributed by atoms with Gasteiger partial charge in [-0.3, -0.25) is 4.79 Å². The van der Waals surface area contributed by atoms with Crippen LogP contribution in [0, 0.1) is 0 Å². The first-order chi connectivity index (χ1) is 12.1. The topological polar surface area (TPSA) is 76.7 Å². The lowest BCUT2D eigenvalue weighted by molar-refractivity contribution is -0.142. The maximum atomic E-state index is 11.9. The number of benzene rings is 2. The number of rotatable bonds is 7. The summed E-state index contributed by atoms with van der Waals surface area (Å²) in [6.07, 6.45) is 0.220. The molecule has 0 aliphatic carbocycles. The van der Waals surface area contributed by atoms with Gasteiger partial charge in [-0.2, -0.15) is 0 Å². The molecule has 0 radical (unpaired) electrons. The van der Waals surface area contributed by atoms with E-state index in [1.807, 2.05) is 24.3 Å². The van der Waals surface area contributed by atoms with E-state index >= 15 is 0 Å². The van der Waals surface area contributed by atoms with Crippen LogP contribution in [0.25, 0.3) is 0 Å². The Morgan fingerprint density at radius 2 is 1.60 bits per heavy atom. The maximum Gasteiger partial charge on any atom is 0.319 e. The van der Waals surface area contributed by atoms with E-state index in [-0.39, 0.29) is 18.4 Å². The fourth-order valence-corrected chi connectivity index (χ4v) is 2.19. The van der Waals surface area contributed by atoms with Gasteiger partial charge in [-0.1, -0.05) is 24.3 Å². The lowest BCUT2D eigenvalue weighted by Crippen LogP contribution is -2.28. The number of hydrogen-bond acceptors (Lipinski definition) is 4. The van der Waals surface area contributed by atoms with Gasteiger partial charge in [0.2, 0.25) is 0 Å². The summed E-state index contributed by atoms with van der Waals surface area (Å²) in [5.41, 5.74) is 2.46. The Bertz CT molecular complexity index is 696. The van der Waals surface area contributed by atoms with Gasteiger partial charge in [0.15, 0.2) is 0 Å². The number of nitrogens with one attached hydrogen (secondary N) is 2. The molecule has 2 aromatic carbocycles. The molecule has 0 spiro atoms. The molecule has 0 saturated heterocycles. The molecule has 2 amide bonds. The molecular formula is C19H22N2O4. The summed E-state index contributed by atoms with van der Waals surface area (Å²) in [5, 5.41) is 5.53. The van der Waals surface area contributed by atoms with Crippen LogP contribution in [0.5, 0.6) is 5.75 Å². The number of ether oxygens (including phenoxy) is 2. The molecule has 0 heterocycles. The molecule has 25 heavy (non-hydrogen) atoms. The second kappa shape index (κ2) is 9.32. The minimum absolute atomic E-state index is 0.220. The van der Waals surface area contributed by atoms with Crippen molar-refractivity contribution in [3.8, 4) is 5.75 Å². The highest BCUT2D eigenvalue weighted by Crippen LogP contribution is 2.12. The van der Waals surface area contributed by atoms with E-state index in [1.54, 1.807) is 38.3 Å². The van der Waals surface area contributed by atoms with Crippen molar-refractivity contribution in [1.29, 1.82) is 0 Å². The second-order valence-electron chi connectivity index (χ2n) is 5.33. The Morgan fingerprint density at radius 3 is 2.20 bits per heavy atom. The monoisotopic (exact) mass is 342 g/mol. The van der Waals surface area contributed by atoms with E-state index in [1.165, 1.54) is 0 Å². The first-order valence-corrected chi connectivity index (χ1v) is 8.03. The van der Waals surface area contributed by atoms with Gasteiger partial charge in [0.25, 0.3) is 0 Å². The third kappa shape index (κ3) is 6.18. The Labute approximate surface area is 147 Å². The highest BCUT2D eigenvalue weighted by molar-refractivity contribution is 5.89. The van der Waals surface area contributed by atoms with Crippen LogP contribution in [-0.2, 0) is 22.5 Å². The largest absolute Gasteiger partial charge is 0.497 e. The molecule has 0 aliphatic rings. The molecule has 0 aliphatic heterocycles. The van der Waals surface area contributed by atoms with E-state index in [9.17, 15) is 9.59 Å². The standard InChI is InChI=1S/C19H22N2O4/c1-3-25-18(22)12-14-4-8-16(9-5-14)21-19(23)20-13-15-6-10-17(24-2)11-7-15/h4-11H,3,12-13H2,1-2H3,(H2,20,21,23). The predicted molar refractivity (Wildman–Crippen MR) is 95.6 cm³/mol. The summed E-state index contributed by atoms with van der Waals surface area (Å²) in [4.78, 5) is 23.4. The number of amides is 2. The second-order valence-corrected chi connectivity index (χ2v) is 5.33. The number of hydrogen-bond donors (Lipinski definition) is 2. The van der Waals surface area contributed by atoms with Crippen LogP contribution >= 0.6 is 0 Å². The van der Waals surface area contributed by atoms with Crippen molar-refractivity contribution in [2.75, 3.05) is 19.0 Å². The molecule has 6 heteroatoms. The summed E-state index contributed by atoms with van der Waals surface area (Å²) in [6.45, 7) is 2.55. The number of carbonyl (C=O) groups excluding carboxylic acids is 2. The number of esters is 1. The molecule has 0 fully saturated rings. The minimum atomic E-state index is -0.297. The third-order valence-corrected chi connectivity index (χ3v) is 3.48. The van der Waals surface area contributed by atoms with Crippen LogP contribution in [0.4, 0.5) is 10.5 Å². The lowest BCUT2D eigenvalue weighted by atomic mass is 10.1. The molecule has 0 saturated carbocycles. The highest BCUT2D eigenvalue weighted by Gasteiger charge is 2.05. The summed E-state index contributed by atoms with van der Waals surface area (Å²) in [5.74, 6) is 0.511. The first-order valence-electron chi connectivity index (χ1n) is 8.03. The number of anilines is 1. The normalized spacial score (nSPS) is 10.0. The van der Waals surface area contributed by atoms with E-state index in [0.29, 0.717) is 18.8 Å². The van der Waals surface area contributed by atoms with Crippen molar-refractivity contribution >= 4 is 17.7 Å². The molecule has 2 aromatic rings. The van der Waals surface area contributed by atoms with Crippen LogP contribution in [0.15, 0.2) is 48.5 Å². The number of carbonyl (C=O) groups is 2. The quantitative estimate of drug-likeness (QED) is 0.758. The molecule has 2 N–H and O–H groups in total. The van der Waals surface area contributed by atoms with Crippen LogP contribution in [-0.4, -0.2) is 25.7 Å². The summed E-state index contributed by atoms with van der Waals surface area (Å²) >= 11 is 0. The molecule has 0 aromatic heterocycles. The summed E-state index contributed by atoms with van der Waals surface area (Å²) < 4.78 is 9.99. The minimum Gasteiger partial charge on any atom is -0.497 e. The molecule has 0 atom stereocenters. The van der Waals surface area contributed by atoms with E-state index in [2.05, 4.69) is 10.6 Å². The lowest BCUT2D eigenvalue weighted by Gasteiger charge is -2.09. The van der Waals surface area contributed by atoms with Gasteiger partial charge in [0, 0.05) is 12.2 Å². The Morgan fingerprint density at radius 1 is 0.960 bits per heavy atom. The first kappa shape index (κ1) is 18.3. The fraction of sp³-hybridized carbons (Fsp3) is 0.263. The van der Waals surface area contributed by atoms with Crippen LogP contribution in [0.2, 0.25) is 0 Å². The van der Waals surface area contributed by atoms with Crippen molar-refractivity contribution in [2.24, 2.45) is 0 Å². The maximum absolute atomic E-state index is 11.9. The molecule has 6 nitrogen and oxygen atoms in total. The zero-order valence-corrected chi connectivity index (χ0v) is 14.4. The summed E-state index contributed by atoms with van der Waals surface area (Å²) in [6, 6.07) is 14.3. The highest BCUT2D eigenvalue weighted by atomic mass is 16.5. The zero-order valence-electron chi connectivity index (χ0n) is 14.4. The van der Waals surface area contributed by atoms with Crippen LogP contribution in [0.1, 0.15) is 18.1 Å². The van der Waals surface area contributed by atoms with E-state index in [4.69, 9.17) is 9.47 Å². The Kier molecular flexibility index (Phi) is 6.83. The van der Waals surface area contributed by atoms with Gasteiger partial charge >= 0.3 is 12.0 Å². The van der Waals surface area contributed by atoms with Crippen molar-refractivity contribution in [3.63, 3.8) is 0 Å². The van der Waals surface area contributed by atoms with E-state index < -0.39 is 0 Å². The van der Waals surface area contributed by atoms with Crippen molar-refractivity contribution in [2.45, 2.75) is 19.9 Å². The van der Waals surface area contributed by atoms with Crippen LogP contribution in [0.3, 0.4) is 0 Å². The van der Waals surface area contributed by atoms with Gasteiger partial charge in [0.1, 0.15) is 5.75 Å². The average Bonchev–Trinajstić information content (AvgIpc) is 2.62. The van der Waals surface area contributed by atoms with Gasteiger partial charge in [-0.05, 0) is 42.3 Å². The Hall–Kier alpha value is -3.02. The zero-order chi connectivity index (χ0) is 18.1. The average molecular weight is 342 g/mol. The van der Waals surface area contributed by atoms with Gasteiger partial charge in [-0.25, -0.2) is 4.79 Å². The number of urea groups is 1. The molecule has 132 valence electrons. The molecule has 0 unspecified atom stereocenters. The van der Waals surface area contributed by atoms with Gasteiger partial charge < -0.3 is 20.1 Å². The van der Waals surface area contributed by atoms with Crippen molar-refractivity contribution in [3.05, 3.63) is 59.7 Å². The van der Waals surface area contributed by atoms with Crippen molar-refractivity contribution < 1.29 is 19.1 Å². The third-order valence-electron chi connectivity index (χ3n) is 3.48. The van der Waals surface area contributed by atoms with Crippen LogP contribution < -0.4 is 15.4 Å². The Balaban J connectivity index is 1.80. The summed E-state index contributed by atoms with van der Waals surface area (Å²) in [7, 11) is 1.61.